The number of imidazole rings is 1. The minimum absolute atomic E-state index is 0.566. The zero-order chi connectivity index (χ0) is 12.7. The van der Waals surface area contributed by atoms with Crippen molar-refractivity contribution in [3.05, 3.63) is 37.2 Å². The molecule has 1 aromatic carbocycles. The number of alkyl halides is 1. The summed E-state index contributed by atoms with van der Waals surface area (Å²) in [6, 6.07) is 9.25. The standard InChI is InChI=1S/C13H11I3N2/c14-7-9-6-5-8-3-1-2-4-10(8)13-17-11(15)12(16)18(9)13/h1-4,9H,5-7H2. The van der Waals surface area contributed by atoms with E-state index in [0.717, 1.165) is 20.4 Å². The minimum atomic E-state index is 0.566. The number of hydrogen-bond donors (Lipinski definition) is 0. The molecule has 0 N–H and O–H groups in total. The first kappa shape index (κ1) is 13.6. The van der Waals surface area contributed by atoms with Crippen LogP contribution in [0, 0.1) is 7.40 Å². The molecule has 2 nitrogen and oxygen atoms in total. The Morgan fingerprint density at radius 3 is 2.83 bits per heavy atom. The number of hydrogen-bond acceptors (Lipinski definition) is 1. The van der Waals surface area contributed by atoms with Crippen LogP contribution in [0.15, 0.2) is 24.3 Å². The molecule has 0 radical (unpaired) electrons. The summed E-state index contributed by atoms with van der Waals surface area (Å²) in [5, 5.41) is 0. The van der Waals surface area contributed by atoms with Gasteiger partial charge in [0, 0.05) is 16.0 Å². The van der Waals surface area contributed by atoms with Gasteiger partial charge in [0.2, 0.25) is 0 Å². The number of aromatic nitrogens is 2. The van der Waals surface area contributed by atoms with Crippen LogP contribution in [0.2, 0.25) is 0 Å². The molecule has 1 aliphatic rings. The van der Waals surface area contributed by atoms with Crippen molar-refractivity contribution in [2.24, 2.45) is 0 Å². The lowest BCUT2D eigenvalue weighted by Gasteiger charge is -2.16. The van der Waals surface area contributed by atoms with Gasteiger partial charge in [0.25, 0.3) is 0 Å². The highest BCUT2D eigenvalue weighted by Gasteiger charge is 2.25. The molecule has 2 aromatic rings. The summed E-state index contributed by atoms with van der Waals surface area (Å²) in [5.41, 5.74) is 2.74. The monoisotopic (exact) mass is 576 g/mol. The van der Waals surface area contributed by atoms with E-state index < -0.39 is 0 Å². The maximum atomic E-state index is 4.79. The molecule has 5 heteroatoms. The fourth-order valence-corrected chi connectivity index (χ4v) is 4.53. The molecule has 0 aliphatic carbocycles. The Kier molecular flexibility index (Phi) is 4.19. The molecule has 1 unspecified atom stereocenters. The van der Waals surface area contributed by atoms with Gasteiger partial charge in [-0.3, -0.25) is 0 Å². The van der Waals surface area contributed by atoms with Crippen molar-refractivity contribution in [1.29, 1.82) is 0 Å². The smallest absolute Gasteiger partial charge is 0.142 e. The quantitative estimate of drug-likeness (QED) is 0.357. The Morgan fingerprint density at radius 2 is 2.06 bits per heavy atom. The molecule has 0 saturated heterocycles. The van der Waals surface area contributed by atoms with Crippen molar-refractivity contribution < 1.29 is 0 Å². The fraction of sp³-hybridized carbons (Fsp3) is 0.308. The van der Waals surface area contributed by atoms with Crippen LogP contribution in [0.4, 0.5) is 0 Å². The zero-order valence-electron chi connectivity index (χ0n) is 9.54. The summed E-state index contributed by atoms with van der Waals surface area (Å²) in [6.07, 6.45) is 2.36. The van der Waals surface area contributed by atoms with Gasteiger partial charge >= 0.3 is 0 Å². The molecule has 3 rings (SSSR count). The van der Waals surface area contributed by atoms with Gasteiger partial charge in [-0.2, -0.15) is 0 Å². The van der Waals surface area contributed by atoms with E-state index in [-0.39, 0.29) is 0 Å². The van der Waals surface area contributed by atoms with Gasteiger partial charge in [0.1, 0.15) is 13.2 Å². The van der Waals surface area contributed by atoms with Crippen molar-refractivity contribution in [1.82, 2.24) is 9.55 Å². The van der Waals surface area contributed by atoms with Gasteiger partial charge in [0.05, 0.1) is 0 Å². The summed E-state index contributed by atoms with van der Waals surface area (Å²) in [4.78, 5) is 4.79. The topological polar surface area (TPSA) is 17.8 Å². The summed E-state index contributed by atoms with van der Waals surface area (Å²) in [6.45, 7) is 0. The van der Waals surface area contributed by atoms with Crippen molar-refractivity contribution in [2.45, 2.75) is 18.9 Å². The van der Waals surface area contributed by atoms with Crippen LogP contribution in [0.1, 0.15) is 18.0 Å². The summed E-state index contributed by atoms with van der Waals surface area (Å²) >= 11 is 7.26. The Morgan fingerprint density at radius 1 is 1.28 bits per heavy atom. The molecule has 1 aromatic heterocycles. The van der Waals surface area contributed by atoms with Crippen molar-refractivity contribution in [3.8, 4) is 11.4 Å². The largest absolute Gasteiger partial charge is 0.315 e. The third kappa shape index (κ3) is 2.23. The molecule has 0 bridgehead atoms. The maximum Gasteiger partial charge on any atom is 0.142 e. The molecule has 0 fully saturated rings. The van der Waals surface area contributed by atoms with Crippen molar-refractivity contribution in [2.75, 3.05) is 4.43 Å². The highest BCUT2D eigenvalue weighted by molar-refractivity contribution is 14.1. The number of benzene rings is 1. The van der Waals surface area contributed by atoms with Gasteiger partial charge in [0.15, 0.2) is 0 Å². The number of aryl methyl sites for hydroxylation is 1. The van der Waals surface area contributed by atoms with E-state index in [1.54, 1.807) is 0 Å². The van der Waals surface area contributed by atoms with E-state index in [9.17, 15) is 0 Å². The van der Waals surface area contributed by atoms with E-state index in [1.807, 2.05) is 0 Å². The first-order valence-electron chi connectivity index (χ1n) is 5.80. The SMILES string of the molecule is ICC1CCc2ccccc2-c2nc(I)c(I)n21. The molecule has 2 heterocycles. The molecule has 1 aliphatic heterocycles. The second-order valence-corrected chi connectivity index (χ2v) is 7.32. The predicted molar refractivity (Wildman–Crippen MR) is 99.3 cm³/mol. The zero-order valence-corrected chi connectivity index (χ0v) is 16.0. The molecule has 0 spiro atoms. The number of halogens is 3. The van der Waals surface area contributed by atoms with Crippen molar-refractivity contribution in [3.63, 3.8) is 0 Å². The average molecular weight is 576 g/mol. The highest BCUT2D eigenvalue weighted by atomic mass is 127. The Labute approximate surface area is 147 Å². The van der Waals surface area contributed by atoms with Crippen LogP contribution in [-0.2, 0) is 6.42 Å². The van der Waals surface area contributed by atoms with Crippen LogP contribution in [-0.4, -0.2) is 14.0 Å². The van der Waals surface area contributed by atoms with E-state index in [2.05, 4.69) is 96.6 Å². The predicted octanol–water partition coefficient (Wildman–Crippen LogP) is 4.68. The Hall–Kier alpha value is 0.620. The first-order chi connectivity index (χ1) is 8.72. The number of nitrogens with zero attached hydrogens (tertiary/aromatic N) is 2. The highest BCUT2D eigenvalue weighted by Crippen LogP contribution is 2.36. The van der Waals surface area contributed by atoms with Crippen LogP contribution < -0.4 is 0 Å². The molecule has 94 valence electrons. The number of fused-ring (bicyclic) bond motifs is 3. The molecule has 18 heavy (non-hydrogen) atoms. The van der Waals surface area contributed by atoms with Gasteiger partial charge < -0.3 is 4.57 Å². The Balaban J connectivity index is 2.28. The molecule has 0 amide bonds. The normalized spacial score (nSPS) is 18.1. The third-order valence-electron chi connectivity index (χ3n) is 3.36. The third-order valence-corrected chi connectivity index (χ3v) is 7.19. The molecular weight excluding hydrogens is 565 g/mol. The van der Waals surface area contributed by atoms with Gasteiger partial charge in [-0.1, -0.05) is 46.9 Å². The molecular formula is C13H11I3N2. The summed E-state index contributed by atoms with van der Waals surface area (Å²) < 4.78 is 5.97. The lowest BCUT2D eigenvalue weighted by molar-refractivity contribution is 0.525. The average Bonchev–Trinajstić information content (AvgIpc) is 2.60. The van der Waals surface area contributed by atoms with Crippen LogP contribution >= 0.6 is 67.8 Å². The Bertz CT molecular complexity index is 592. The first-order valence-corrected chi connectivity index (χ1v) is 9.48. The van der Waals surface area contributed by atoms with E-state index in [1.165, 1.54) is 21.2 Å². The van der Waals surface area contributed by atoms with Gasteiger partial charge in [-0.15, -0.1) is 0 Å². The van der Waals surface area contributed by atoms with Crippen LogP contribution in [0.5, 0.6) is 0 Å². The lowest BCUT2D eigenvalue weighted by Crippen LogP contribution is -2.12. The molecule has 0 saturated carbocycles. The maximum absolute atomic E-state index is 4.79. The van der Waals surface area contributed by atoms with Gasteiger partial charge in [-0.05, 0) is 63.6 Å². The second-order valence-electron chi connectivity index (χ2n) is 4.39. The summed E-state index contributed by atoms with van der Waals surface area (Å²) in [5.74, 6) is 1.15. The van der Waals surface area contributed by atoms with Gasteiger partial charge in [-0.25, -0.2) is 4.98 Å². The lowest BCUT2D eigenvalue weighted by atomic mass is 10.0. The number of rotatable bonds is 1. The minimum Gasteiger partial charge on any atom is -0.315 e. The summed E-state index contributed by atoms with van der Waals surface area (Å²) in [7, 11) is 0. The van der Waals surface area contributed by atoms with Crippen molar-refractivity contribution >= 4 is 67.8 Å². The fourth-order valence-electron chi connectivity index (χ4n) is 2.46. The second kappa shape index (κ2) is 5.55. The van der Waals surface area contributed by atoms with E-state index >= 15 is 0 Å². The van der Waals surface area contributed by atoms with E-state index in [0.29, 0.717) is 6.04 Å². The van der Waals surface area contributed by atoms with Crippen LogP contribution in [0.25, 0.3) is 11.4 Å². The van der Waals surface area contributed by atoms with Crippen LogP contribution in [0.3, 0.4) is 0 Å². The molecule has 1 atom stereocenters. The van der Waals surface area contributed by atoms with E-state index in [4.69, 9.17) is 4.98 Å².